The third-order valence-electron chi connectivity index (χ3n) is 2.64. The second-order valence-corrected chi connectivity index (χ2v) is 4.59. The van der Waals surface area contributed by atoms with Crippen molar-refractivity contribution in [2.24, 2.45) is 0 Å². The summed E-state index contributed by atoms with van der Waals surface area (Å²) in [5, 5.41) is 12.7. The number of hydrogen-bond donors (Lipinski definition) is 1. The van der Waals surface area contributed by atoms with Gasteiger partial charge in [-0.05, 0) is 24.4 Å². The summed E-state index contributed by atoms with van der Waals surface area (Å²) >= 11 is 1.51. The van der Waals surface area contributed by atoms with Crippen LogP contribution in [-0.4, -0.2) is 24.8 Å². The maximum absolute atomic E-state index is 11.6. The number of carbonyl (C=O) groups is 1. The topological polar surface area (TPSA) is 55.8 Å². The van der Waals surface area contributed by atoms with Gasteiger partial charge in [-0.25, -0.2) is 4.79 Å². The summed E-state index contributed by atoms with van der Waals surface area (Å²) in [6.45, 7) is 1.96. The van der Waals surface area contributed by atoms with Gasteiger partial charge in [-0.15, -0.1) is 11.3 Å². The van der Waals surface area contributed by atoms with Gasteiger partial charge < -0.3 is 14.6 Å². The van der Waals surface area contributed by atoms with Crippen LogP contribution in [0, 0.1) is 0 Å². The molecule has 1 unspecified atom stereocenters. The molecular formula is C13H14O4S. The minimum absolute atomic E-state index is 0.249. The Morgan fingerprint density at radius 1 is 1.44 bits per heavy atom. The van der Waals surface area contributed by atoms with Crippen LogP contribution in [0.25, 0.3) is 10.1 Å². The van der Waals surface area contributed by atoms with Crippen molar-refractivity contribution in [3.63, 3.8) is 0 Å². The van der Waals surface area contributed by atoms with E-state index in [0.29, 0.717) is 5.56 Å². The van der Waals surface area contributed by atoms with E-state index in [1.807, 2.05) is 11.4 Å². The summed E-state index contributed by atoms with van der Waals surface area (Å²) in [5.74, 6) is 0.106. The van der Waals surface area contributed by atoms with E-state index >= 15 is 0 Å². The fourth-order valence-corrected chi connectivity index (χ4v) is 2.73. The van der Waals surface area contributed by atoms with Crippen molar-refractivity contribution >= 4 is 27.4 Å². The molecule has 0 saturated carbocycles. The van der Waals surface area contributed by atoms with E-state index in [1.165, 1.54) is 11.3 Å². The van der Waals surface area contributed by atoms with Crippen molar-refractivity contribution in [3.8, 4) is 5.75 Å². The third-order valence-corrected chi connectivity index (χ3v) is 3.57. The minimum Gasteiger partial charge on any atom is -0.495 e. The van der Waals surface area contributed by atoms with Crippen LogP contribution in [0.2, 0.25) is 0 Å². The average Bonchev–Trinajstić information content (AvgIpc) is 2.86. The van der Waals surface area contributed by atoms with Gasteiger partial charge in [-0.1, -0.05) is 6.07 Å². The fourth-order valence-electron chi connectivity index (χ4n) is 1.81. The van der Waals surface area contributed by atoms with E-state index in [9.17, 15) is 9.90 Å². The van der Waals surface area contributed by atoms with Crippen LogP contribution in [0.15, 0.2) is 23.6 Å². The molecule has 2 rings (SSSR count). The zero-order valence-electron chi connectivity index (χ0n) is 10.2. The second kappa shape index (κ2) is 5.37. The van der Waals surface area contributed by atoms with Gasteiger partial charge in [0.1, 0.15) is 5.75 Å². The van der Waals surface area contributed by atoms with Crippen molar-refractivity contribution in [2.45, 2.75) is 13.0 Å². The molecule has 0 fully saturated rings. The van der Waals surface area contributed by atoms with Gasteiger partial charge in [0.05, 0.1) is 18.4 Å². The number of fused-ring (bicyclic) bond motifs is 1. The monoisotopic (exact) mass is 266 g/mol. The Hall–Kier alpha value is -1.59. The van der Waals surface area contributed by atoms with Gasteiger partial charge in [0.25, 0.3) is 0 Å². The summed E-state index contributed by atoms with van der Waals surface area (Å²) < 4.78 is 11.0. The summed E-state index contributed by atoms with van der Waals surface area (Å²) in [6, 6.07) is 5.30. The van der Waals surface area contributed by atoms with Crippen molar-refractivity contribution in [1.29, 1.82) is 0 Å². The van der Waals surface area contributed by atoms with Crippen LogP contribution >= 0.6 is 11.3 Å². The van der Waals surface area contributed by atoms with Crippen LogP contribution in [0.3, 0.4) is 0 Å². The number of hydrogen-bond acceptors (Lipinski definition) is 5. The number of thiophene rings is 1. The zero-order chi connectivity index (χ0) is 13.1. The molecule has 0 amide bonds. The number of carbonyl (C=O) groups excluding carboxylic acids is 1. The van der Waals surface area contributed by atoms with Gasteiger partial charge in [0.15, 0.2) is 6.10 Å². The number of aliphatic hydroxyl groups excluding tert-OH is 1. The maximum atomic E-state index is 11.6. The highest BCUT2D eigenvalue weighted by atomic mass is 32.1. The lowest BCUT2D eigenvalue weighted by atomic mass is 10.0. The molecule has 0 saturated heterocycles. The van der Waals surface area contributed by atoms with Crippen molar-refractivity contribution in [3.05, 3.63) is 29.1 Å². The van der Waals surface area contributed by atoms with Crippen molar-refractivity contribution < 1.29 is 19.4 Å². The SMILES string of the molecule is CCOC(=O)C(O)c1ccc(OC)c2sccc12. The molecule has 1 atom stereocenters. The lowest BCUT2D eigenvalue weighted by Gasteiger charge is -2.12. The van der Waals surface area contributed by atoms with E-state index in [4.69, 9.17) is 9.47 Å². The Balaban J connectivity index is 2.46. The Bertz CT molecular complexity index is 561. The summed E-state index contributed by atoms with van der Waals surface area (Å²) in [6.07, 6.45) is -1.26. The van der Waals surface area contributed by atoms with Gasteiger partial charge in [0, 0.05) is 10.9 Å². The molecule has 0 aliphatic carbocycles. The molecule has 1 aromatic carbocycles. The molecule has 0 bridgehead atoms. The first-order chi connectivity index (χ1) is 8.69. The smallest absolute Gasteiger partial charge is 0.339 e. The first kappa shape index (κ1) is 12.9. The number of methoxy groups -OCH3 is 1. The van der Waals surface area contributed by atoms with Gasteiger partial charge in [-0.3, -0.25) is 0 Å². The van der Waals surface area contributed by atoms with Gasteiger partial charge >= 0.3 is 5.97 Å². The van der Waals surface area contributed by atoms with Gasteiger partial charge in [-0.2, -0.15) is 0 Å². The molecular weight excluding hydrogens is 252 g/mol. The van der Waals surface area contributed by atoms with E-state index in [-0.39, 0.29) is 6.61 Å². The Morgan fingerprint density at radius 3 is 2.89 bits per heavy atom. The molecule has 96 valence electrons. The molecule has 1 N–H and O–H groups in total. The molecule has 4 nitrogen and oxygen atoms in total. The van der Waals surface area contributed by atoms with Crippen LogP contribution in [0.4, 0.5) is 0 Å². The van der Waals surface area contributed by atoms with E-state index < -0.39 is 12.1 Å². The molecule has 0 spiro atoms. The minimum atomic E-state index is -1.26. The highest BCUT2D eigenvalue weighted by Gasteiger charge is 2.22. The summed E-state index contributed by atoms with van der Waals surface area (Å²) in [5.41, 5.74) is 0.547. The largest absolute Gasteiger partial charge is 0.495 e. The van der Waals surface area contributed by atoms with Crippen molar-refractivity contribution in [2.75, 3.05) is 13.7 Å². The molecule has 2 aromatic rings. The molecule has 1 aromatic heterocycles. The Labute approximate surface area is 109 Å². The first-order valence-electron chi connectivity index (χ1n) is 5.57. The number of aliphatic hydroxyl groups is 1. The lowest BCUT2D eigenvalue weighted by Crippen LogP contribution is -2.15. The number of ether oxygens (including phenoxy) is 2. The van der Waals surface area contributed by atoms with Gasteiger partial charge in [0.2, 0.25) is 0 Å². The second-order valence-electron chi connectivity index (χ2n) is 3.68. The predicted octanol–water partition coefficient (Wildman–Crippen LogP) is 2.51. The summed E-state index contributed by atoms with van der Waals surface area (Å²) in [7, 11) is 1.59. The molecule has 0 aliphatic rings. The molecule has 0 radical (unpaired) electrons. The number of benzene rings is 1. The molecule has 18 heavy (non-hydrogen) atoms. The first-order valence-corrected chi connectivity index (χ1v) is 6.45. The highest BCUT2D eigenvalue weighted by molar-refractivity contribution is 7.17. The molecule has 5 heteroatoms. The van der Waals surface area contributed by atoms with Crippen LogP contribution in [0.1, 0.15) is 18.6 Å². The lowest BCUT2D eigenvalue weighted by molar-refractivity contribution is -0.153. The Kier molecular flexibility index (Phi) is 3.84. The van der Waals surface area contributed by atoms with Crippen LogP contribution in [0.5, 0.6) is 5.75 Å². The van der Waals surface area contributed by atoms with E-state index in [2.05, 4.69) is 0 Å². The quantitative estimate of drug-likeness (QED) is 0.864. The third kappa shape index (κ3) is 2.19. The Morgan fingerprint density at radius 2 is 2.22 bits per heavy atom. The zero-order valence-corrected chi connectivity index (χ0v) is 11.0. The standard InChI is InChI=1S/C13H14O4S/c1-3-17-13(15)11(14)8-4-5-10(16-2)12-9(8)6-7-18-12/h4-7,11,14H,3H2,1-2H3. The number of rotatable bonds is 4. The summed E-state index contributed by atoms with van der Waals surface area (Å²) in [4.78, 5) is 11.6. The maximum Gasteiger partial charge on any atom is 0.339 e. The van der Waals surface area contributed by atoms with E-state index in [1.54, 1.807) is 26.2 Å². The normalized spacial score (nSPS) is 12.4. The highest BCUT2D eigenvalue weighted by Crippen LogP contribution is 2.35. The molecule has 0 aliphatic heterocycles. The van der Waals surface area contributed by atoms with Crippen molar-refractivity contribution in [1.82, 2.24) is 0 Å². The molecule has 1 heterocycles. The van der Waals surface area contributed by atoms with E-state index in [0.717, 1.165) is 15.8 Å². The number of esters is 1. The average molecular weight is 266 g/mol. The van der Waals surface area contributed by atoms with Crippen LogP contribution < -0.4 is 4.74 Å². The predicted molar refractivity (Wildman–Crippen MR) is 70.0 cm³/mol. The fraction of sp³-hybridized carbons (Fsp3) is 0.308. The van der Waals surface area contributed by atoms with Crippen LogP contribution in [-0.2, 0) is 9.53 Å².